The van der Waals surface area contributed by atoms with Crippen molar-refractivity contribution in [1.29, 1.82) is 5.26 Å². The van der Waals surface area contributed by atoms with E-state index in [4.69, 9.17) is 15.2 Å². The van der Waals surface area contributed by atoms with Crippen molar-refractivity contribution >= 4 is 17.2 Å². The van der Waals surface area contributed by atoms with Crippen LogP contribution in [0.1, 0.15) is 18.1 Å². The van der Waals surface area contributed by atoms with Crippen molar-refractivity contribution in [1.82, 2.24) is 0 Å². The lowest BCUT2D eigenvalue weighted by Crippen LogP contribution is -2.21. The number of hydrogen-bond donors (Lipinski definition) is 2. The standard InChI is InChI=1S/C20H21N3O3/c1-3-26-19-12-15(7-8-18(19)25-2)17(9-10-21)14-5-4-6-16(11-14)23-20(24)13-22/h4-9,11-12H,3,13,22H2,1-2H3,(H,23,24). The van der Waals surface area contributed by atoms with E-state index in [2.05, 4.69) is 11.4 Å². The van der Waals surface area contributed by atoms with E-state index < -0.39 is 0 Å². The Morgan fingerprint density at radius 1 is 1.23 bits per heavy atom. The molecule has 0 spiro atoms. The largest absolute Gasteiger partial charge is 0.493 e. The maximum absolute atomic E-state index is 11.5. The summed E-state index contributed by atoms with van der Waals surface area (Å²) in [5.41, 5.74) is 8.25. The van der Waals surface area contributed by atoms with Gasteiger partial charge in [-0.25, -0.2) is 0 Å². The van der Waals surface area contributed by atoms with Gasteiger partial charge in [0.25, 0.3) is 0 Å². The molecule has 0 radical (unpaired) electrons. The van der Waals surface area contributed by atoms with Crippen LogP contribution in [0, 0.1) is 11.3 Å². The Balaban J connectivity index is 2.46. The summed E-state index contributed by atoms with van der Waals surface area (Å²) < 4.78 is 10.9. The van der Waals surface area contributed by atoms with Crippen LogP contribution in [0.5, 0.6) is 11.5 Å². The summed E-state index contributed by atoms with van der Waals surface area (Å²) in [4.78, 5) is 11.5. The maximum atomic E-state index is 11.5. The van der Waals surface area contributed by atoms with Gasteiger partial charge in [0.15, 0.2) is 11.5 Å². The highest BCUT2D eigenvalue weighted by Crippen LogP contribution is 2.33. The fourth-order valence-electron chi connectivity index (χ4n) is 2.49. The van der Waals surface area contributed by atoms with Gasteiger partial charge in [-0.1, -0.05) is 18.2 Å². The number of carbonyl (C=O) groups excluding carboxylic acids is 1. The molecule has 3 N–H and O–H groups in total. The number of anilines is 1. The third kappa shape index (κ3) is 4.62. The number of nitrogens with one attached hydrogen (secondary N) is 1. The Morgan fingerprint density at radius 2 is 2.00 bits per heavy atom. The number of ether oxygens (including phenoxy) is 2. The molecule has 0 saturated carbocycles. The van der Waals surface area contributed by atoms with Gasteiger partial charge in [0, 0.05) is 11.8 Å². The van der Waals surface area contributed by atoms with Gasteiger partial charge in [-0.05, 0) is 47.9 Å². The normalized spacial score (nSPS) is 10.8. The molecular formula is C20H21N3O3. The number of rotatable bonds is 7. The number of methoxy groups -OCH3 is 1. The van der Waals surface area contributed by atoms with E-state index in [0.29, 0.717) is 29.4 Å². The molecule has 0 unspecified atom stereocenters. The minimum atomic E-state index is -0.281. The minimum Gasteiger partial charge on any atom is -0.493 e. The summed E-state index contributed by atoms with van der Waals surface area (Å²) in [6.07, 6.45) is 1.46. The van der Waals surface area contributed by atoms with E-state index in [0.717, 1.165) is 11.1 Å². The number of nitriles is 1. The fraction of sp³-hybridized carbons (Fsp3) is 0.200. The second-order valence-corrected chi connectivity index (χ2v) is 5.32. The molecule has 0 aliphatic heterocycles. The van der Waals surface area contributed by atoms with Gasteiger partial charge in [-0.2, -0.15) is 5.26 Å². The summed E-state index contributed by atoms with van der Waals surface area (Å²) in [5, 5.41) is 11.9. The van der Waals surface area contributed by atoms with E-state index in [9.17, 15) is 10.1 Å². The molecule has 0 aromatic heterocycles. The van der Waals surface area contributed by atoms with E-state index in [-0.39, 0.29) is 12.5 Å². The predicted molar refractivity (Wildman–Crippen MR) is 101 cm³/mol. The molecule has 1 amide bonds. The lowest BCUT2D eigenvalue weighted by Gasteiger charge is -2.14. The van der Waals surface area contributed by atoms with Crippen molar-refractivity contribution in [3.8, 4) is 17.6 Å². The second kappa shape index (κ2) is 9.25. The molecule has 0 aliphatic rings. The summed E-state index contributed by atoms with van der Waals surface area (Å²) >= 11 is 0. The number of amides is 1. The summed E-state index contributed by atoms with van der Waals surface area (Å²) in [6, 6.07) is 14.8. The first-order valence-corrected chi connectivity index (χ1v) is 8.14. The summed E-state index contributed by atoms with van der Waals surface area (Å²) in [6.45, 7) is 2.29. The van der Waals surface area contributed by atoms with Crippen LogP contribution in [0.25, 0.3) is 5.57 Å². The Hall–Kier alpha value is -3.30. The van der Waals surface area contributed by atoms with Crippen LogP contribution in [0.2, 0.25) is 0 Å². The highest BCUT2D eigenvalue weighted by molar-refractivity contribution is 5.93. The monoisotopic (exact) mass is 351 g/mol. The zero-order valence-corrected chi connectivity index (χ0v) is 14.8. The number of benzene rings is 2. The van der Waals surface area contributed by atoms with Crippen molar-refractivity contribution in [2.75, 3.05) is 25.6 Å². The lowest BCUT2D eigenvalue weighted by molar-refractivity contribution is -0.114. The zero-order chi connectivity index (χ0) is 18.9. The van der Waals surface area contributed by atoms with Crippen molar-refractivity contribution < 1.29 is 14.3 Å². The van der Waals surface area contributed by atoms with Gasteiger partial charge in [0.1, 0.15) is 0 Å². The van der Waals surface area contributed by atoms with Gasteiger partial charge >= 0.3 is 0 Å². The van der Waals surface area contributed by atoms with Crippen LogP contribution in [-0.4, -0.2) is 26.2 Å². The Morgan fingerprint density at radius 3 is 2.65 bits per heavy atom. The number of nitrogens with two attached hydrogens (primary N) is 1. The highest BCUT2D eigenvalue weighted by atomic mass is 16.5. The third-order valence-electron chi connectivity index (χ3n) is 3.63. The Bertz CT molecular complexity index is 854. The number of allylic oxidation sites excluding steroid dienone is 1. The smallest absolute Gasteiger partial charge is 0.238 e. The molecule has 2 aromatic carbocycles. The number of carbonyl (C=O) groups is 1. The van der Waals surface area contributed by atoms with Crippen LogP contribution < -0.4 is 20.5 Å². The van der Waals surface area contributed by atoms with Crippen molar-refractivity contribution in [2.24, 2.45) is 5.73 Å². The van der Waals surface area contributed by atoms with Gasteiger partial charge in [0.2, 0.25) is 5.91 Å². The van der Waals surface area contributed by atoms with E-state index in [1.165, 1.54) is 6.08 Å². The lowest BCUT2D eigenvalue weighted by atomic mass is 9.97. The molecule has 0 aliphatic carbocycles. The van der Waals surface area contributed by atoms with Crippen LogP contribution in [0.15, 0.2) is 48.5 Å². The average molecular weight is 351 g/mol. The first kappa shape index (κ1) is 19.0. The third-order valence-corrected chi connectivity index (χ3v) is 3.63. The zero-order valence-electron chi connectivity index (χ0n) is 14.8. The first-order valence-electron chi connectivity index (χ1n) is 8.14. The maximum Gasteiger partial charge on any atom is 0.238 e. The van der Waals surface area contributed by atoms with Crippen molar-refractivity contribution in [2.45, 2.75) is 6.92 Å². The Labute approximate surface area is 152 Å². The van der Waals surface area contributed by atoms with E-state index >= 15 is 0 Å². The molecule has 0 heterocycles. The second-order valence-electron chi connectivity index (χ2n) is 5.32. The fourth-order valence-corrected chi connectivity index (χ4v) is 2.49. The molecule has 6 nitrogen and oxygen atoms in total. The molecule has 0 atom stereocenters. The summed E-state index contributed by atoms with van der Waals surface area (Å²) in [5.74, 6) is 0.941. The first-order chi connectivity index (χ1) is 12.6. The SMILES string of the molecule is CCOc1cc(C(=CC#N)c2cccc(NC(=O)CN)c2)ccc1OC. The molecule has 2 rings (SSSR count). The molecule has 26 heavy (non-hydrogen) atoms. The van der Waals surface area contributed by atoms with E-state index in [1.54, 1.807) is 31.4 Å². The van der Waals surface area contributed by atoms with Crippen molar-refractivity contribution in [3.05, 3.63) is 59.7 Å². The highest BCUT2D eigenvalue weighted by Gasteiger charge is 2.11. The van der Waals surface area contributed by atoms with Crippen LogP contribution in [-0.2, 0) is 4.79 Å². The average Bonchev–Trinajstić information content (AvgIpc) is 2.66. The van der Waals surface area contributed by atoms with Gasteiger partial charge in [0.05, 0.1) is 26.3 Å². The topological polar surface area (TPSA) is 97.4 Å². The molecule has 6 heteroatoms. The summed E-state index contributed by atoms with van der Waals surface area (Å²) in [7, 11) is 1.58. The van der Waals surface area contributed by atoms with Crippen LogP contribution in [0.4, 0.5) is 5.69 Å². The Kier molecular flexibility index (Phi) is 6.77. The van der Waals surface area contributed by atoms with Crippen molar-refractivity contribution in [3.63, 3.8) is 0 Å². The van der Waals surface area contributed by atoms with Gasteiger partial charge in [-0.3, -0.25) is 4.79 Å². The molecular weight excluding hydrogens is 330 g/mol. The van der Waals surface area contributed by atoms with E-state index in [1.807, 2.05) is 25.1 Å². The predicted octanol–water partition coefficient (Wildman–Crippen LogP) is 2.95. The number of hydrogen-bond acceptors (Lipinski definition) is 5. The van der Waals surface area contributed by atoms with Gasteiger partial charge < -0.3 is 20.5 Å². The molecule has 2 aromatic rings. The molecule has 0 fully saturated rings. The minimum absolute atomic E-state index is 0.0959. The molecule has 134 valence electrons. The quantitative estimate of drug-likeness (QED) is 0.748. The van der Waals surface area contributed by atoms with Crippen LogP contribution >= 0.6 is 0 Å². The molecule has 0 bridgehead atoms. The van der Waals surface area contributed by atoms with Gasteiger partial charge in [-0.15, -0.1) is 0 Å². The number of nitrogens with zero attached hydrogens (tertiary/aromatic N) is 1. The van der Waals surface area contributed by atoms with Crippen LogP contribution in [0.3, 0.4) is 0 Å². The molecule has 0 saturated heterocycles.